The van der Waals surface area contributed by atoms with Gasteiger partial charge in [0.2, 0.25) is 0 Å². The molecule has 5 nitrogen and oxygen atoms in total. The first kappa shape index (κ1) is 14.7. The molecule has 7 heteroatoms. The molecule has 0 unspecified atom stereocenters. The Morgan fingerprint density at radius 1 is 1.05 bits per heavy atom. The van der Waals surface area contributed by atoms with Crippen LogP contribution in [0.2, 0.25) is 0 Å². The molecule has 0 aliphatic carbocycles. The van der Waals surface area contributed by atoms with Crippen LogP contribution in [-0.4, -0.2) is 68.3 Å². The van der Waals surface area contributed by atoms with Crippen molar-refractivity contribution in [2.75, 3.05) is 42.6 Å². The summed E-state index contributed by atoms with van der Waals surface area (Å²) in [5, 5.41) is 9.91. The van der Waals surface area contributed by atoms with Crippen LogP contribution in [0.5, 0.6) is 0 Å². The van der Waals surface area contributed by atoms with Crippen LogP contribution < -0.4 is 4.90 Å². The standard InChI is InChI=1S/C14H19FN2O3S/c15-11-1-3-12(4-2-11)16-5-7-17(8-6-16)13-9-21(19,20)10-14(13)18/h1-4,13-14,18H,5-10H2/t13-,14+/m1/s1. The molecule has 116 valence electrons. The van der Waals surface area contributed by atoms with Crippen molar-refractivity contribution >= 4 is 15.5 Å². The highest BCUT2D eigenvalue weighted by atomic mass is 32.2. The molecule has 2 aliphatic rings. The van der Waals surface area contributed by atoms with E-state index in [1.807, 2.05) is 0 Å². The van der Waals surface area contributed by atoms with Crippen molar-refractivity contribution in [2.24, 2.45) is 0 Å². The number of piperazine rings is 1. The van der Waals surface area contributed by atoms with Gasteiger partial charge in [0.1, 0.15) is 5.82 Å². The molecule has 2 fully saturated rings. The predicted octanol–water partition coefficient (Wildman–Crippen LogP) is 0.106. The number of aliphatic hydroxyl groups excluding tert-OH is 1. The Morgan fingerprint density at radius 3 is 2.19 bits per heavy atom. The lowest BCUT2D eigenvalue weighted by Gasteiger charge is -2.39. The molecule has 21 heavy (non-hydrogen) atoms. The van der Waals surface area contributed by atoms with Gasteiger partial charge in [0.15, 0.2) is 9.84 Å². The van der Waals surface area contributed by atoms with Crippen LogP contribution >= 0.6 is 0 Å². The van der Waals surface area contributed by atoms with Crippen molar-refractivity contribution in [2.45, 2.75) is 12.1 Å². The third-order valence-electron chi connectivity index (χ3n) is 4.27. The van der Waals surface area contributed by atoms with Gasteiger partial charge >= 0.3 is 0 Å². The molecule has 0 saturated carbocycles. The zero-order valence-corrected chi connectivity index (χ0v) is 12.5. The number of hydrogen-bond donors (Lipinski definition) is 1. The number of benzene rings is 1. The summed E-state index contributed by atoms with van der Waals surface area (Å²) in [6.07, 6.45) is -0.785. The van der Waals surface area contributed by atoms with Crippen LogP contribution in [0.3, 0.4) is 0 Å². The highest BCUT2D eigenvalue weighted by molar-refractivity contribution is 7.91. The van der Waals surface area contributed by atoms with Gasteiger partial charge in [-0.05, 0) is 24.3 Å². The number of anilines is 1. The van der Waals surface area contributed by atoms with E-state index in [0.29, 0.717) is 13.1 Å². The van der Waals surface area contributed by atoms with E-state index in [1.54, 1.807) is 12.1 Å². The van der Waals surface area contributed by atoms with E-state index >= 15 is 0 Å². The Balaban J connectivity index is 1.62. The summed E-state index contributed by atoms with van der Waals surface area (Å²) in [5.74, 6) is -0.336. The van der Waals surface area contributed by atoms with Gasteiger partial charge < -0.3 is 10.0 Å². The summed E-state index contributed by atoms with van der Waals surface area (Å²) in [4.78, 5) is 4.20. The Labute approximate surface area is 123 Å². The predicted molar refractivity (Wildman–Crippen MR) is 78.6 cm³/mol. The van der Waals surface area contributed by atoms with Crippen LogP contribution in [0.15, 0.2) is 24.3 Å². The molecule has 2 saturated heterocycles. The van der Waals surface area contributed by atoms with Crippen molar-refractivity contribution in [3.63, 3.8) is 0 Å². The van der Waals surface area contributed by atoms with Crippen molar-refractivity contribution in [3.8, 4) is 0 Å². The molecule has 0 aromatic heterocycles. The molecular formula is C14H19FN2O3S. The first-order chi connectivity index (χ1) is 9.94. The van der Waals surface area contributed by atoms with Gasteiger partial charge in [-0.25, -0.2) is 12.8 Å². The largest absolute Gasteiger partial charge is 0.390 e. The highest BCUT2D eigenvalue weighted by Gasteiger charge is 2.40. The number of rotatable bonds is 2. The average Bonchev–Trinajstić information content (AvgIpc) is 2.73. The number of aliphatic hydroxyl groups is 1. The molecule has 1 aromatic carbocycles. The van der Waals surface area contributed by atoms with Crippen molar-refractivity contribution in [1.29, 1.82) is 0 Å². The van der Waals surface area contributed by atoms with E-state index in [-0.39, 0.29) is 23.4 Å². The molecule has 1 aromatic rings. The SMILES string of the molecule is O=S1(=O)C[C@@H](N2CCN(c3ccc(F)cc3)CC2)[C@@H](O)C1. The van der Waals surface area contributed by atoms with Gasteiger partial charge in [0, 0.05) is 31.9 Å². The van der Waals surface area contributed by atoms with Gasteiger partial charge in [-0.3, -0.25) is 4.90 Å². The summed E-state index contributed by atoms with van der Waals surface area (Å²) in [5.41, 5.74) is 0.968. The molecular weight excluding hydrogens is 295 g/mol. The fourth-order valence-corrected chi connectivity index (χ4v) is 4.95. The van der Waals surface area contributed by atoms with Crippen LogP contribution in [0, 0.1) is 5.82 Å². The van der Waals surface area contributed by atoms with Crippen LogP contribution in [-0.2, 0) is 9.84 Å². The number of halogens is 1. The smallest absolute Gasteiger partial charge is 0.154 e. The van der Waals surface area contributed by atoms with Crippen LogP contribution in [0.4, 0.5) is 10.1 Å². The van der Waals surface area contributed by atoms with E-state index in [9.17, 15) is 17.9 Å². The van der Waals surface area contributed by atoms with Crippen LogP contribution in [0.1, 0.15) is 0 Å². The summed E-state index contributed by atoms with van der Waals surface area (Å²) >= 11 is 0. The van der Waals surface area contributed by atoms with E-state index in [0.717, 1.165) is 18.8 Å². The highest BCUT2D eigenvalue weighted by Crippen LogP contribution is 2.22. The Morgan fingerprint density at radius 2 is 1.67 bits per heavy atom. The zero-order valence-electron chi connectivity index (χ0n) is 11.7. The molecule has 2 aliphatic heterocycles. The molecule has 0 bridgehead atoms. The third kappa shape index (κ3) is 3.20. The Hall–Kier alpha value is -1.18. The van der Waals surface area contributed by atoms with Crippen LogP contribution in [0.25, 0.3) is 0 Å². The van der Waals surface area contributed by atoms with Crippen molar-refractivity contribution in [1.82, 2.24) is 4.90 Å². The maximum atomic E-state index is 12.9. The first-order valence-electron chi connectivity index (χ1n) is 7.08. The minimum absolute atomic E-state index is 0.0463. The van der Waals surface area contributed by atoms with E-state index in [1.165, 1.54) is 12.1 Å². The van der Waals surface area contributed by atoms with Gasteiger partial charge in [-0.15, -0.1) is 0 Å². The minimum atomic E-state index is -3.11. The van der Waals surface area contributed by atoms with Crippen molar-refractivity contribution < 1.29 is 17.9 Å². The third-order valence-corrected chi connectivity index (χ3v) is 5.97. The molecule has 3 rings (SSSR count). The lowest BCUT2D eigenvalue weighted by atomic mass is 10.1. The lowest BCUT2D eigenvalue weighted by Crippen LogP contribution is -2.53. The molecule has 2 atom stereocenters. The topological polar surface area (TPSA) is 60.9 Å². The monoisotopic (exact) mass is 314 g/mol. The van der Waals surface area contributed by atoms with Gasteiger partial charge in [0.05, 0.1) is 23.7 Å². The summed E-state index contributed by atoms with van der Waals surface area (Å²) in [7, 11) is -3.11. The number of hydrogen-bond acceptors (Lipinski definition) is 5. The van der Waals surface area contributed by atoms with E-state index in [2.05, 4.69) is 9.80 Å². The summed E-state index contributed by atoms with van der Waals surface area (Å²) < 4.78 is 36.1. The minimum Gasteiger partial charge on any atom is -0.390 e. The molecule has 0 radical (unpaired) electrons. The Bertz CT molecular complexity index is 597. The average molecular weight is 314 g/mol. The lowest BCUT2D eigenvalue weighted by molar-refractivity contribution is 0.0793. The second-order valence-electron chi connectivity index (χ2n) is 5.71. The van der Waals surface area contributed by atoms with Crippen molar-refractivity contribution in [3.05, 3.63) is 30.1 Å². The zero-order chi connectivity index (χ0) is 15.0. The quantitative estimate of drug-likeness (QED) is 0.839. The normalized spacial score (nSPS) is 29.7. The van der Waals surface area contributed by atoms with E-state index in [4.69, 9.17) is 0 Å². The summed E-state index contributed by atoms with van der Waals surface area (Å²) in [6, 6.07) is 6.09. The summed E-state index contributed by atoms with van der Waals surface area (Å²) in [6.45, 7) is 2.90. The molecule has 0 spiro atoms. The molecule has 1 N–H and O–H groups in total. The second-order valence-corrected chi connectivity index (χ2v) is 7.86. The maximum Gasteiger partial charge on any atom is 0.154 e. The van der Waals surface area contributed by atoms with E-state index < -0.39 is 15.9 Å². The maximum absolute atomic E-state index is 12.9. The van der Waals surface area contributed by atoms with Gasteiger partial charge in [0.25, 0.3) is 0 Å². The fourth-order valence-electron chi connectivity index (χ4n) is 3.12. The first-order valence-corrected chi connectivity index (χ1v) is 8.90. The Kier molecular flexibility index (Phi) is 3.90. The number of nitrogens with zero attached hydrogens (tertiary/aromatic N) is 2. The fraction of sp³-hybridized carbons (Fsp3) is 0.571. The van der Waals surface area contributed by atoms with Gasteiger partial charge in [-0.1, -0.05) is 0 Å². The number of sulfone groups is 1. The van der Waals surface area contributed by atoms with Gasteiger partial charge in [-0.2, -0.15) is 0 Å². The molecule has 0 amide bonds. The molecule has 2 heterocycles. The second kappa shape index (κ2) is 5.55.